The van der Waals surface area contributed by atoms with Gasteiger partial charge in [-0.2, -0.15) is 0 Å². The van der Waals surface area contributed by atoms with Crippen molar-refractivity contribution in [1.82, 2.24) is 4.98 Å². The number of nitrogens with zero attached hydrogens (tertiary/aromatic N) is 1. The molecule has 0 bridgehead atoms. The fourth-order valence-corrected chi connectivity index (χ4v) is 2.28. The highest BCUT2D eigenvalue weighted by atomic mass is 16.5. The zero-order valence-corrected chi connectivity index (χ0v) is 10.6. The second-order valence-electron chi connectivity index (χ2n) is 4.70. The summed E-state index contributed by atoms with van der Waals surface area (Å²) in [5.74, 6) is 1.66. The molecule has 92 valence electrons. The fourth-order valence-electron chi connectivity index (χ4n) is 2.28. The van der Waals surface area contributed by atoms with Crippen molar-refractivity contribution in [3.8, 4) is 5.75 Å². The van der Waals surface area contributed by atoms with Crippen LogP contribution in [0.1, 0.15) is 22.8 Å². The van der Waals surface area contributed by atoms with E-state index in [0.29, 0.717) is 0 Å². The number of ether oxygens (including phenoxy) is 1. The molecule has 0 aliphatic carbocycles. The van der Waals surface area contributed by atoms with E-state index in [-0.39, 0.29) is 6.10 Å². The van der Waals surface area contributed by atoms with Crippen LogP contribution in [0, 0.1) is 13.8 Å². The summed E-state index contributed by atoms with van der Waals surface area (Å²) in [4.78, 5) is 4.25. The molecule has 0 saturated carbocycles. The van der Waals surface area contributed by atoms with E-state index in [9.17, 15) is 0 Å². The maximum Gasteiger partial charge on any atom is 0.168 e. The molecule has 3 rings (SSSR count). The number of hydrogen-bond acceptors (Lipinski definition) is 3. The Labute approximate surface area is 107 Å². The van der Waals surface area contributed by atoms with Crippen molar-refractivity contribution in [2.75, 3.05) is 11.9 Å². The minimum absolute atomic E-state index is 0.0570. The van der Waals surface area contributed by atoms with Crippen molar-refractivity contribution < 1.29 is 4.74 Å². The van der Waals surface area contributed by atoms with Crippen LogP contribution in [0.25, 0.3) is 0 Å². The molecule has 0 amide bonds. The lowest BCUT2D eigenvalue weighted by molar-refractivity contribution is 0.208. The van der Waals surface area contributed by atoms with Crippen LogP contribution in [0.5, 0.6) is 5.75 Å². The van der Waals surface area contributed by atoms with Crippen LogP contribution in [0.3, 0.4) is 0 Å². The van der Waals surface area contributed by atoms with Crippen molar-refractivity contribution >= 4 is 5.82 Å². The van der Waals surface area contributed by atoms with Gasteiger partial charge in [0.2, 0.25) is 0 Å². The summed E-state index contributed by atoms with van der Waals surface area (Å²) in [6.07, 6.45) is 1.83. The minimum atomic E-state index is 0.0570. The average Bonchev–Trinajstić information content (AvgIpc) is 2.41. The van der Waals surface area contributed by atoms with Crippen LogP contribution in [0.2, 0.25) is 0 Å². The van der Waals surface area contributed by atoms with E-state index in [0.717, 1.165) is 18.1 Å². The zero-order valence-electron chi connectivity index (χ0n) is 10.6. The summed E-state index contributed by atoms with van der Waals surface area (Å²) in [6, 6.07) is 10.3. The van der Waals surface area contributed by atoms with E-state index < -0.39 is 0 Å². The molecule has 2 aromatic rings. The molecule has 1 N–H and O–H groups in total. The Hall–Kier alpha value is -2.03. The highest BCUT2D eigenvalue weighted by molar-refractivity contribution is 5.52. The lowest BCUT2D eigenvalue weighted by atomic mass is 10.00. The van der Waals surface area contributed by atoms with Crippen LogP contribution in [-0.2, 0) is 0 Å². The molecular formula is C15H16N2O. The number of rotatable bonds is 1. The number of nitrogens with one attached hydrogen (secondary N) is 1. The van der Waals surface area contributed by atoms with E-state index in [1.165, 1.54) is 16.7 Å². The van der Waals surface area contributed by atoms with Crippen LogP contribution in [0.4, 0.5) is 5.82 Å². The number of aryl methyl sites for hydroxylation is 2. The Morgan fingerprint density at radius 1 is 1.28 bits per heavy atom. The molecule has 1 aromatic heterocycles. The van der Waals surface area contributed by atoms with Gasteiger partial charge in [0.25, 0.3) is 0 Å². The molecule has 0 spiro atoms. The van der Waals surface area contributed by atoms with Crippen LogP contribution < -0.4 is 10.1 Å². The molecule has 3 nitrogen and oxygen atoms in total. The molecule has 2 heterocycles. The van der Waals surface area contributed by atoms with Crippen molar-refractivity contribution in [1.29, 1.82) is 0 Å². The molecule has 1 atom stereocenters. The first-order valence-electron chi connectivity index (χ1n) is 6.17. The summed E-state index contributed by atoms with van der Waals surface area (Å²) in [6.45, 7) is 4.99. The largest absolute Gasteiger partial charge is 0.480 e. The van der Waals surface area contributed by atoms with Gasteiger partial charge in [-0.05, 0) is 37.1 Å². The second-order valence-corrected chi connectivity index (χ2v) is 4.70. The van der Waals surface area contributed by atoms with Crippen LogP contribution in [0.15, 0.2) is 36.5 Å². The van der Waals surface area contributed by atoms with Crippen LogP contribution >= 0.6 is 0 Å². The van der Waals surface area contributed by atoms with Gasteiger partial charge in [-0.1, -0.05) is 23.8 Å². The molecule has 0 saturated heterocycles. The SMILES string of the molecule is Cc1ccc(C)c(C2CNc3ncccc3O2)c1. The third-order valence-electron chi connectivity index (χ3n) is 3.28. The van der Waals surface area contributed by atoms with Gasteiger partial charge < -0.3 is 10.1 Å². The van der Waals surface area contributed by atoms with Gasteiger partial charge in [-0.3, -0.25) is 0 Å². The molecule has 1 aromatic carbocycles. The Morgan fingerprint density at radius 2 is 2.17 bits per heavy atom. The summed E-state index contributed by atoms with van der Waals surface area (Å²) < 4.78 is 6.03. The number of aromatic nitrogens is 1. The first-order chi connectivity index (χ1) is 8.74. The van der Waals surface area contributed by atoms with Gasteiger partial charge >= 0.3 is 0 Å². The molecular weight excluding hydrogens is 224 g/mol. The highest BCUT2D eigenvalue weighted by Gasteiger charge is 2.22. The summed E-state index contributed by atoms with van der Waals surface area (Å²) >= 11 is 0. The molecule has 18 heavy (non-hydrogen) atoms. The lowest BCUT2D eigenvalue weighted by Gasteiger charge is -2.27. The predicted octanol–water partition coefficient (Wildman–Crippen LogP) is 3.24. The average molecular weight is 240 g/mol. The Bertz CT molecular complexity index is 580. The normalized spacial score (nSPS) is 17.6. The zero-order chi connectivity index (χ0) is 12.5. The third kappa shape index (κ3) is 1.92. The molecule has 1 aliphatic heterocycles. The highest BCUT2D eigenvalue weighted by Crippen LogP contribution is 2.33. The van der Waals surface area contributed by atoms with Gasteiger partial charge in [-0.25, -0.2) is 4.98 Å². The minimum Gasteiger partial charge on any atom is -0.480 e. The van der Waals surface area contributed by atoms with Crippen molar-refractivity contribution in [2.24, 2.45) is 0 Å². The van der Waals surface area contributed by atoms with Crippen LogP contribution in [-0.4, -0.2) is 11.5 Å². The molecule has 1 aliphatic rings. The van der Waals surface area contributed by atoms with E-state index >= 15 is 0 Å². The predicted molar refractivity (Wildman–Crippen MR) is 72.0 cm³/mol. The number of anilines is 1. The Morgan fingerprint density at radius 3 is 3.06 bits per heavy atom. The molecule has 0 radical (unpaired) electrons. The van der Waals surface area contributed by atoms with Gasteiger partial charge in [-0.15, -0.1) is 0 Å². The van der Waals surface area contributed by atoms with E-state index in [2.05, 4.69) is 42.3 Å². The smallest absolute Gasteiger partial charge is 0.168 e. The Kier molecular flexibility index (Phi) is 2.67. The number of fused-ring (bicyclic) bond motifs is 1. The summed E-state index contributed by atoms with van der Waals surface area (Å²) in [5.41, 5.74) is 3.77. The van der Waals surface area contributed by atoms with Gasteiger partial charge in [0.05, 0.1) is 6.54 Å². The van der Waals surface area contributed by atoms with Crippen molar-refractivity contribution in [3.05, 3.63) is 53.2 Å². The maximum atomic E-state index is 6.03. The summed E-state index contributed by atoms with van der Waals surface area (Å²) in [7, 11) is 0. The summed E-state index contributed by atoms with van der Waals surface area (Å²) in [5, 5.41) is 3.32. The van der Waals surface area contributed by atoms with Gasteiger partial charge in [0.15, 0.2) is 11.6 Å². The lowest BCUT2D eigenvalue weighted by Crippen LogP contribution is -2.24. The number of pyridine rings is 1. The monoisotopic (exact) mass is 240 g/mol. The fraction of sp³-hybridized carbons (Fsp3) is 0.267. The number of hydrogen-bond donors (Lipinski definition) is 1. The topological polar surface area (TPSA) is 34.2 Å². The quantitative estimate of drug-likeness (QED) is 0.830. The first kappa shape index (κ1) is 11.1. The van der Waals surface area contributed by atoms with E-state index in [4.69, 9.17) is 4.74 Å². The molecule has 1 unspecified atom stereocenters. The number of benzene rings is 1. The van der Waals surface area contributed by atoms with Gasteiger partial charge in [0, 0.05) is 6.20 Å². The maximum absolute atomic E-state index is 6.03. The third-order valence-corrected chi connectivity index (χ3v) is 3.28. The van der Waals surface area contributed by atoms with Crippen molar-refractivity contribution in [3.63, 3.8) is 0 Å². The van der Waals surface area contributed by atoms with Crippen molar-refractivity contribution in [2.45, 2.75) is 20.0 Å². The first-order valence-corrected chi connectivity index (χ1v) is 6.17. The van der Waals surface area contributed by atoms with Gasteiger partial charge in [0.1, 0.15) is 6.10 Å². The molecule has 3 heteroatoms. The molecule has 0 fully saturated rings. The standard InChI is InChI=1S/C15H16N2O/c1-10-5-6-11(2)12(8-10)14-9-17-15-13(18-14)4-3-7-16-15/h3-8,14H,9H2,1-2H3,(H,16,17). The van der Waals surface area contributed by atoms with E-state index in [1.807, 2.05) is 12.1 Å². The Balaban J connectivity index is 1.94. The van der Waals surface area contributed by atoms with E-state index in [1.54, 1.807) is 6.20 Å². The second kappa shape index (κ2) is 4.33.